The zero-order valence-corrected chi connectivity index (χ0v) is 19.7. The third-order valence-corrected chi connectivity index (χ3v) is 7.44. The van der Waals surface area contributed by atoms with Crippen molar-refractivity contribution in [2.45, 2.75) is 4.90 Å². The van der Waals surface area contributed by atoms with E-state index in [4.69, 9.17) is 0 Å². The summed E-state index contributed by atoms with van der Waals surface area (Å²) < 4.78 is 39.9. The van der Waals surface area contributed by atoms with Gasteiger partial charge in [0.1, 0.15) is 5.82 Å². The highest BCUT2D eigenvalue weighted by Gasteiger charge is 2.24. The average Bonchev–Trinajstić information content (AvgIpc) is 2.84. The first-order valence-electron chi connectivity index (χ1n) is 10.3. The van der Waals surface area contributed by atoms with Crippen molar-refractivity contribution >= 4 is 39.7 Å². The van der Waals surface area contributed by atoms with Crippen LogP contribution in [0.1, 0.15) is 10.4 Å². The minimum Gasteiger partial charge on any atom is -0.368 e. The Morgan fingerprint density at radius 3 is 2.00 bits per heavy atom. The fourth-order valence-electron chi connectivity index (χ4n) is 3.71. The van der Waals surface area contributed by atoms with E-state index in [0.29, 0.717) is 37.4 Å². The van der Waals surface area contributed by atoms with Crippen LogP contribution in [0.2, 0.25) is 0 Å². The summed E-state index contributed by atoms with van der Waals surface area (Å²) in [7, 11) is -2.18. The Bertz CT molecular complexity index is 1180. The number of halogens is 2. The van der Waals surface area contributed by atoms with Gasteiger partial charge >= 0.3 is 0 Å². The Morgan fingerprint density at radius 2 is 1.42 bits per heavy atom. The molecule has 1 aliphatic rings. The molecule has 174 valence electrons. The minimum absolute atomic E-state index is 0. The smallest absolute Gasteiger partial charge is 0.264 e. The van der Waals surface area contributed by atoms with Crippen molar-refractivity contribution in [3.63, 3.8) is 0 Å². The molecule has 0 N–H and O–H groups in total. The second-order valence-electron chi connectivity index (χ2n) is 7.59. The number of piperazine rings is 1. The third-order valence-electron chi connectivity index (χ3n) is 5.64. The standard InChI is InChI=1S/C24H24FN3O3S.ClH/c1-26(32(30,31)23-5-3-2-4-6-23)21-11-7-19(8-12-21)24(29)28-17-15-27(16-18-28)22-13-9-20(25)10-14-22;/h2-14H,15-18H2,1H3;1H. The molecule has 33 heavy (non-hydrogen) atoms. The maximum atomic E-state index is 13.1. The van der Waals surface area contributed by atoms with Crippen molar-refractivity contribution in [1.29, 1.82) is 0 Å². The van der Waals surface area contributed by atoms with Gasteiger partial charge in [-0.25, -0.2) is 12.8 Å². The first-order chi connectivity index (χ1) is 15.4. The quantitative estimate of drug-likeness (QED) is 0.543. The topological polar surface area (TPSA) is 60.9 Å². The highest BCUT2D eigenvalue weighted by molar-refractivity contribution is 7.92. The third kappa shape index (κ3) is 5.29. The fourth-order valence-corrected chi connectivity index (χ4v) is 4.92. The number of hydrogen-bond acceptors (Lipinski definition) is 4. The maximum absolute atomic E-state index is 13.1. The first-order valence-corrected chi connectivity index (χ1v) is 11.7. The van der Waals surface area contributed by atoms with Crippen molar-refractivity contribution in [3.05, 3.63) is 90.2 Å². The number of anilines is 2. The molecule has 0 radical (unpaired) electrons. The molecular formula is C24H25ClFN3O3S. The van der Waals surface area contributed by atoms with Crippen LogP contribution in [0.25, 0.3) is 0 Å². The number of sulfonamides is 1. The normalized spacial score (nSPS) is 13.9. The van der Waals surface area contributed by atoms with Crippen molar-refractivity contribution in [3.8, 4) is 0 Å². The van der Waals surface area contributed by atoms with Crippen molar-refractivity contribution in [1.82, 2.24) is 4.90 Å². The molecule has 1 fully saturated rings. The van der Waals surface area contributed by atoms with E-state index in [2.05, 4.69) is 4.90 Å². The van der Waals surface area contributed by atoms with Gasteiger partial charge < -0.3 is 9.80 Å². The highest BCUT2D eigenvalue weighted by Crippen LogP contribution is 2.23. The minimum atomic E-state index is -3.67. The molecule has 4 rings (SSSR count). The number of rotatable bonds is 5. The second kappa shape index (κ2) is 10.2. The van der Waals surface area contributed by atoms with Crippen molar-refractivity contribution in [2.75, 3.05) is 42.4 Å². The average molecular weight is 490 g/mol. The maximum Gasteiger partial charge on any atom is 0.264 e. The van der Waals surface area contributed by atoms with Gasteiger partial charge in [0.05, 0.1) is 10.6 Å². The summed E-state index contributed by atoms with van der Waals surface area (Å²) in [6.07, 6.45) is 0. The van der Waals surface area contributed by atoms with Crippen LogP contribution in [-0.2, 0) is 10.0 Å². The van der Waals surface area contributed by atoms with Gasteiger partial charge in [0.15, 0.2) is 0 Å². The van der Waals surface area contributed by atoms with E-state index in [1.165, 1.54) is 23.5 Å². The van der Waals surface area contributed by atoms with Crippen LogP contribution in [0.3, 0.4) is 0 Å². The number of carbonyl (C=O) groups excluding carboxylic acids is 1. The molecular weight excluding hydrogens is 465 g/mol. The fraction of sp³-hybridized carbons (Fsp3) is 0.208. The lowest BCUT2D eigenvalue weighted by Crippen LogP contribution is -2.48. The Kier molecular flexibility index (Phi) is 7.61. The summed E-state index contributed by atoms with van der Waals surface area (Å²) >= 11 is 0. The number of nitrogens with zero attached hydrogens (tertiary/aromatic N) is 3. The first kappa shape index (κ1) is 24.5. The molecule has 3 aromatic carbocycles. The monoisotopic (exact) mass is 489 g/mol. The van der Waals surface area contributed by atoms with E-state index >= 15 is 0 Å². The molecule has 0 bridgehead atoms. The zero-order valence-electron chi connectivity index (χ0n) is 18.1. The van der Waals surface area contributed by atoms with Gasteiger partial charge in [-0.05, 0) is 60.7 Å². The Hall–Kier alpha value is -3.10. The Morgan fingerprint density at radius 1 is 0.848 bits per heavy atom. The molecule has 0 aliphatic carbocycles. The summed E-state index contributed by atoms with van der Waals surface area (Å²) in [6.45, 7) is 2.43. The van der Waals surface area contributed by atoms with Crippen LogP contribution in [0.15, 0.2) is 83.8 Å². The molecule has 0 unspecified atom stereocenters. The number of carbonyl (C=O) groups is 1. The number of benzene rings is 3. The second-order valence-corrected chi connectivity index (χ2v) is 9.56. The molecule has 3 aromatic rings. The van der Waals surface area contributed by atoms with E-state index in [1.807, 2.05) is 0 Å². The van der Waals surface area contributed by atoms with E-state index in [-0.39, 0.29) is 29.0 Å². The molecule has 1 amide bonds. The van der Waals surface area contributed by atoms with Crippen LogP contribution in [0, 0.1) is 5.82 Å². The van der Waals surface area contributed by atoms with E-state index in [0.717, 1.165) is 5.69 Å². The molecule has 9 heteroatoms. The summed E-state index contributed by atoms with van der Waals surface area (Å²) in [5, 5.41) is 0. The van der Waals surface area contributed by atoms with Gasteiger partial charge in [0.25, 0.3) is 15.9 Å². The van der Waals surface area contributed by atoms with Crippen LogP contribution in [0.5, 0.6) is 0 Å². The summed E-state index contributed by atoms with van der Waals surface area (Å²) in [5.74, 6) is -0.364. The van der Waals surface area contributed by atoms with Crippen LogP contribution in [-0.4, -0.2) is 52.5 Å². The molecule has 6 nitrogen and oxygen atoms in total. The lowest BCUT2D eigenvalue weighted by Gasteiger charge is -2.36. The van der Waals surface area contributed by atoms with Crippen molar-refractivity contribution < 1.29 is 17.6 Å². The van der Waals surface area contributed by atoms with Gasteiger partial charge in [-0.15, -0.1) is 12.4 Å². The Labute approximate surface area is 199 Å². The summed E-state index contributed by atoms with van der Waals surface area (Å²) in [6, 6.07) is 21.2. The largest absolute Gasteiger partial charge is 0.368 e. The van der Waals surface area contributed by atoms with Gasteiger partial charge in [-0.2, -0.15) is 0 Å². The van der Waals surface area contributed by atoms with Crippen LogP contribution in [0.4, 0.5) is 15.8 Å². The number of hydrogen-bond donors (Lipinski definition) is 0. The molecule has 1 aliphatic heterocycles. The van der Waals surface area contributed by atoms with Gasteiger partial charge in [0, 0.05) is 44.5 Å². The summed E-state index contributed by atoms with van der Waals surface area (Å²) in [4.78, 5) is 17.0. The van der Waals surface area contributed by atoms with Crippen LogP contribution >= 0.6 is 12.4 Å². The van der Waals surface area contributed by atoms with E-state index in [9.17, 15) is 17.6 Å². The van der Waals surface area contributed by atoms with Gasteiger partial charge in [0.2, 0.25) is 0 Å². The Balaban J connectivity index is 0.00000306. The highest BCUT2D eigenvalue weighted by atomic mass is 35.5. The lowest BCUT2D eigenvalue weighted by atomic mass is 10.1. The molecule has 0 spiro atoms. The van der Waals surface area contributed by atoms with E-state index in [1.54, 1.807) is 71.6 Å². The van der Waals surface area contributed by atoms with E-state index < -0.39 is 10.0 Å². The van der Waals surface area contributed by atoms with Gasteiger partial charge in [-0.1, -0.05) is 18.2 Å². The molecule has 0 saturated carbocycles. The van der Waals surface area contributed by atoms with Crippen LogP contribution < -0.4 is 9.21 Å². The molecule has 1 heterocycles. The summed E-state index contributed by atoms with van der Waals surface area (Å²) in [5.41, 5.74) is 1.92. The lowest BCUT2D eigenvalue weighted by molar-refractivity contribution is 0.0747. The predicted molar refractivity (Wildman–Crippen MR) is 130 cm³/mol. The van der Waals surface area contributed by atoms with Gasteiger partial charge in [-0.3, -0.25) is 9.10 Å². The number of amides is 1. The molecule has 1 saturated heterocycles. The predicted octanol–water partition coefficient (Wildman–Crippen LogP) is 4.04. The molecule has 0 aromatic heterocycles. The SMILES string of the molecule is CN(c1ccc(C(=O)N2CCN(c3ccc(F)cc3)CC2)cc1)S(=O)(=O)c1ccccc1.Cl. The zero-order chi connectivity index (χ0) is 22.7. The van der Waals surface area contributed by atoms with Crippen molar-refractivity contribution in [2.24, 2.45) is 0 Å². The molecule has 0 atom stereocenters.